The van der Waals surface area contributed by atoms with E-state index in [0.717, 1.165) is 21.7 Å². The standard InChI is InChI=1S/C13H16BrNO3S/c1-16-10-5-3-9(4-6-10)13-11(8-18-17-2)19-12(7-14)15-13/h3-6,11,13H,7-8H2,1-2H3. The fourth-order valence-corrected chi connectivity index (χ4v) is 3.52. The molecule has 0 aromatic heterocycles. The van der Waals surface area contributed by atoms with Gasteiger partial charge in [-0.15, -0.1) is 11.8 Å². The lowest BCUT2D eigenvalue weighted by Crippen LogP contribution is -2.17. The van der Waals surface area contributed by atoms with Gasteiger partial charge >= 0.3 is 0 Å². The number of aliphatic imine (C=N–C) groups is 1. The van der Waals surface area contributed by atoms with Crippen LogP contribution >= 0.6 is 27.7 Å². The number of alkyl halides is 1. The minimum absolute atomic E-state index is 0.0959. The van der Waals surface area contributed by atoms with Crippen molar-refractivity contribution in [3.63, 3.8) is 0 Å². The van der Waals surface area contributed by atoms with Crippen LogP contribution in [0.2, 0.25) is 0 Å². The molecule has 0 N–H and O–H groups in total. The smallest absolute Gasteiger partial charge is 0.118 e. The average Bonchev–Trinajstić information content (AvgIpc) is 2.88. The van der Waals surface area contributed by atoms with E-state index in [9.17, 15) is 0 Å². The summed E-state index contributed by atoms with van der Waals surface area (Å²) in [7, 11) is 3.19. The van der Waals surface area contributed by atoms with Gasteiger partial charge in [0.25, 0.3) is 0 Å². The quantitative estimate of drug-likeness (QED) is 0.451. The van der Waals surface area contributed by atoms with Gasteiger partial charge in [0, 0.05) is 0 Å². The third kappa shape index (κ3) is 3.72. The molecule has 1 aliphatic heterocycles. The summed E-state index contributed by atoms with van der Waals surface area (Å²) in [5, 5.41) is 2.10. The van der Waals surface area contributed by atoms with Gasteiger partial charge in [0.15, 0.2) is 0 Å². The first-order chi connectivity index (χ1) is 9.28. The molecule has 0 spiro atoms. The Bertz CT molecular complexity index is 438. The second-order valence-corrected chi connectivity index (χ2v) is 5.86. The second kappa shape index (κ2) is 7.28. The van der Waals surface area contributed by atoms with Crippen molar-refractivity contribution in [2.75, 3.05) is 26.2 Å². The molecule has 0 fully saturated rings. The van der Waals surface area contributed by atoms with Crippen LogP contribution in [0.1, 0.15) is 11.6 Å². The number of rotatable bonds is 6. The molecule has 0 saturated carbocycles. The normalized spacial score (nSPS) is 22.4. The van der Waals surface area contributed by atoms with Crippen LogP contribution in [0, 0.1) is 0 Å². The molecule has 2 rings (SSSR count). The third-order valence-corrected chi connectivity index (χ3v) is 4.97. The van der Waals surface area contributed by atoms with Crippen LogP contribution in [-0.2, 0) is 9.78 Å². The van der Waals surface area contributed by atoms with Crippen LogP contribution in [0.3, 0.4) is 0 Å². The maximum absolute atomic E-state index is 5.17. The molecule has 104 valence electrons. The molecule has 1 heterocycles. The summed E-state index contributed by atoms with van der Waals surface area (Å²) < 4.78 is 5.17. The Hall–Kier alpha value is -0.560. The van der Waals surface area contributed by atoms with Gasteiger partial charge in [0.05, 0.1) is 42.5 Å². The number of thioether (sulfide) groups is 1. The summed E-state index contributed by atoms with van der Waals surface area (Å²) in [4.78, 5) is 14.5. The van der Waals surface area contributed by atoms with Gasteiger partial charge in [0.1, 0.15) is 5.75 Å². The third-order valence-electron chi connectivity index (χ3n) is 2.84. The van der Waals surface area contributed by atoms with Crippen molar-refractivity contribution in [2.45, 2.75) is 11.3 Å². The van der Waals surface area contributed by atoms with Crippen molar-refractivity contribution in [1.29, 1.82) is 0 Å². The molecule has 1 aromatic carbocycles. The van der Waals surface area contributed by atoms with Crippen molar-refractivity contribution in [3.8, 4) is 5.75 Å². The van der Waals surface area contributed by atoms with Gasteiger partial charge in [-0.05, 0) is 17.7 Å². The van der Waals surface area contributed by atoms with Crippen molar-refractivity contribution in [2.24, 2.45) is 4.99 Å². The lowest BCUT2D eigenvalue weighted by molar-refractivity contribution is -0.272. The number of halogens is 1. The predicted octanol–water partition coefficient (Wildman–Crippen LogP) is 3.22. The predicted molar refractivity (Wildman–Crippen MR) is 81.3 cm³/mol. The van der Waals surface area contributed by atoms with Crippen LogP contribution in [0.4, 0.5) is 0 Å². The SMILES string of the molecule is COOCC1SC(CBr)=NC1c1ccc(OC)cc1. The van der Waals surface area contributed by atoms with Gasteiger partial charge in [0.2, 0.25) is 0 Å². The first-order valence-electron chi connectivity index (χ1n) is 5.87. The summed E-state index contributed by atoms with van der Waals surface area (Å²) in [6, 6.07) is 8.10. The monoisotopic (exact) mass is 345 g/mol. The van der Waals surface area contributed by atoms with Crippen LogP contribution in [-0.4, -0.2) is 36.5 Å². The minimum Gasteiger partial charge on any atom is -0.497 e. The van der Waals surface area contributed by atoms with E-state index in [4.69, 9.17) is 19.5 Å². The molecule has 1 aliphatic rings. The van der Waals surface area contributed by atoms with Crippen molar-refractivity contribution < 1.29 is 14.5 Å². The molecule has 1 aromatic rings. The van der Waals surface area contributed by atoms with Crippen molar-refractivity contribution in [3.05, 3.63) is 29.8 Å². The number of methoxy groups -OCH3 is 1. The zero-order valence-corrected chi connectivity index (χ0v) is 13.2. The Balaban J connectivity index is 2.14. The van der Waals surface area contributed by atoms with Gasteiger partial charge in [-0.3, -0.25) is 4.99 Å². The molecular weight excluding hydrogens is 330 g/mol. The summed E-state index contributed by atoms with van der Waals surface area (Å²) in [6.07, 6.45) is 0. The number of hydrogen-bond donors (Lipinski definition) is 0. The first-order valence-corrected chi connectivity index (χ1v) is 7.87. The number of hydrogen-bond acceptors (Lipinski definition) is 5. The van der Waals surface area contributed by atoms with E-state index in [0.29, 0.717) is 6.61 Å². The Labute approximate surface area is 125 Å². The maximum atomic E-state index is 5.17. The molecule has 0 saturated heterocycles. The lowest BCUT2D eigenvalue weighted by atomic mass is 10.0. The fraction of sp³-hybridized carbons (Fsp3) is 0.462. The summed E-state index contributed by atoms with van der Waals surface area (Å²) in [5.74, 6) is 0.851. The summed E-state index contributed by atoms with van der Waals surface area (Å²) in [6.45, 7) is 0.512. The van der Waals surface area contributed by atoms with Crippen molar-refractivity contribution >= 4 is 32.7 Å². The van der Waals surface area contributed by atoms with Gasteiger partial charge < -0.3 is 4.74 Å². The molecule has 0 aliphatic carbocycles. The van der Waals surface area contributed by atoms with E-state index < -0.39 is 0 Å². The van der Waals surface area contributed by atoms with Crippen molar-refractivity contribution in [1.82, 2.24) is 0 Å². The molecule has 4 nitrogen and oxygen atoms in total. The highest BCUT2D eigenvalue weighted by molar-refractivity contribution is 9.09. The number of benzene rings is 1. The van der Waals surface area contributed by atoms with Crippen LogP contribution in [0.5, 0.6) is 5.75 Å². The molecule has 0 bridgehead atoms. The molecule has 19 heavy (non-hydrogen) atoms. The maximum Gasteiger partial charge on any atom is 0.118 e. The van der Waals surface area contributed by atoms with E-state index >= 15 is 0 Å². The van der Waals surface area contributed by atoms with E-state index in [2.05, 4.69) is 15.9 Å². The Morgan fingerprint density at radius 3 is 2.58 bits per heavy atom. The number of nitrogens with zero attached hydrogens (tertiary/aromatic N) is 1. The van der Waals surface area contributed by atoms with Gasteiger partial charge in [-0.25, -0.2) is 9.78 Å². The van der Waals surface area contributed by atoms with Gasteiger partial charge in [-0.1, -0.05) is 28.1 Å². The van der Waals surface area contributed by atoms with E-state index in [1.807, 2.05) is 24.3 Å². The second-order valence-electron chi connectivity index (χ2n) is 3.98. The zero-order chi connectivity index (χ0) is 13.7. The van der Waals surface area contributed by atoms with E-state index in [1.165, 1.54) is 7.11 Å². The van der Waals surface area contributed by atoms with Crippen LogP contribution in [0.15, 0.2) is 29.3 Å². The van der Waals surface area contributed by atoms with Crippen LogP contribution < -0.4 is 4.74 Å². The summed E-state index contributed by atoms with van der Waals surface area (Å²) >= 11 is 5.18. The van der Waals surface area contributed by atoms with E-state index in [-0.39, 0.29) is 11.3 Å². The Morgan fingerprint density at radius 1 is 1.26 bits per heavy atom. The Kier molecular flexibility index (Phi) is 5.69. The zero-order valence-electron chi connectivity index (χ0n) is 10.8. The molecule has 6 heteroatoms. The lowest BCUT2D eigenvalue weighted by Gasteiger charge is -2.16. The largest absolute Gasteiger partial charge is 0.497 e. The average molecular weight is 346 g/mol. The molecular formula is C13H16BrNO3S. The first kappa shape index (κ1) is 14.8. The highest BCUT2D eigenvalue weighted by Gasteiger charge is 2.31. The fourth-order valence-electron chi connectivity index (χ4n) is 1.92. The molecule has 2 unspecified atom stereocenters. The number of ether oxygens (including phenoxy) is 1. The van der Waals surface area contributed by atoms with Gasteiger partial charge in [-0.2, -0.15) is 0 Å². The van der Waals surface area contributed by atoms with Crippen LogP contribution in [0.25, 0.3) is 0 Å². The highest BCUT2D eigenvalue weighted by atomic mass is 79.9. The van der Waals surface area contributed by atoms with E-state index in [1.54, 1.807) is 18.9 Å². The highest BCUT2D eigenvalue weighted by Crippen LogP contribution is 2.38. The molecule has 0 radical (unpaired) electrons. The molecule has 2 atom stereocenters. The molecule has 0 amide bonds. The summed E-state index contributed by atoms with van der Waals surface area (Å²) in [5.41, 5.74) is 1.16. The Morgan fingerprint density at radius 2 is 2.00 bits per heavy atom. The topological polar surface area (TPSA) is 40.0 Å². The minimum atomic E-state index is 0.0959.